The molecule has 3 aliphatic heterocycles. The number of fused-ring (bicyclic) bond motifs is 1. The molecule has 2 fully saturated rings. The molecule has 0 radical (unpaired) electrons. The monoisotopic (exact) mass is 682 g/mol. The van der Waals surface area contributed by atoms with Crippen LogP contribution in [0.3, 0.4) is 0 Å². The topological polar surface area (TPSA) is 256 Å². The van der Waals surface area contributed by atoms with Crippen molar-refractivity contribution in [3.05, 3.63) is 44.5 Å². The van der Waals surface area contributed by atoms with E-state index in [2.05, 4.69) is 20.4 Å². The summed E-state index contributed by atoms with van der Waals surface area (Å²) in [6.07, 6.45) is -6.76. The maximum atomic E-state index is 13.6. The lowest BCUT2D eigenvalue weighted by Crippen LogP contribution is -2.71. The lowest BCUT2D eigenvalue weighted by atomic mass is 9.99. The van der Waals surface area contributed by atoms with E-state index in [0.717, 1.165) is 26.8 Å². The molecule has 5 rings (SSSR count). The van der Waals surface area contributed by atoms with E-state index in [9.17, 15) is 39.6 Å². The molecule has 17 nitrogen and oxygen atoms in total. The average Bonchev–Trinajstić information content (AvgIpc) is 3.63. The summed E-state index contributed by atoms with van der Waals surface area (Å²) in [6, 6.07) is -1.11. The van der Waals surface area contributed by atoms with Crippen LogP contribution in [0.5, 0.6) is 0 Å². The van der Waals surface area contributed by atoms with Crippen molar-refractivity contribution < 1.29 is 53.9 Å². The van der Waals surface area contributed by atoms with Crippen LogP contribution in [0.25, 0.3) is 6.08 Å². The molecule has 7 atom stereocenters. The van der Waals surface area contributed by atoms with Crippen LogP contribution in [0.1, 0.15) is 16.3 Å². The van der Waals surface area contributed by atoms with Crippen molar-refractivity contribution in [1.82, 2.24) is 20.2 Å². The zero-order valence-corrected chi connectivity index (χ0v) is 25.7. The van der Waals surface area contributed by atoms with Gasteiger partial charge in [-0.25, -0.2) is 19.6 Å². The molecule has 0 aromatic carbocycles. The number of aryl methyl sites for hydroxylation is 1. The van der Waals surface area contributed by atoms with Crippen molar-refractivity contribution in [1.29, 1.82) is 0 Å². The van der Waals surface area contributed by atoms with Gasteiger partial charge in [0, 0.05) is 16.0 Å². The van der Waals surface area contributed by atoms with E-state index in [1.165, 1.54) is 35.6 Å². The molecule has 2 amide bonds. The van der Waals surface area contributed by atoms with Crippen LogP contribution >= 0.6 is 34.4 Å². The van der Waals surface area contributed by atoms with Gasteiger partial charge in [-0.15, -0.1) is 34.4 Å². The van der Waals surface area contributed by atoms with Crippen molar-refractivity contribution in [3.8, 4) is 0 Å². The number of nitrogens with zero attached hydrogens (tertiary/aromatic N) is 4. The Bertz CT molecular complexity index is 1610. The van der Waals surface area contributed by atoms with Gasteiger partial charge >= 0.3 is 11.9 Å². The minimum Gasteiger partial charge on any atom is -0.479 e. The van der Waals surface area contributed by atoms with E-state index in [1.54, 1.807) is 24.6 Å². The predicted octanol–water partition coefficient (Wildman–Crippen LogP) is -1.36. The molecule has 2 aromatic rings. The third-order valence-corrected chi connectivity index (χ3v) is 9.77. The second-order valence-corrected chi connectivity index (χ2v) is 12.6. The van der Waals surface area contributed by atoms with Gasteiger partial charge in [0.25, 0.3) is 11.8 Å². The van der Waals surface area contributed by atoms with Crippen molar-refractivity contribution in [2.24, 2.45) is 5.16 Å². The number of hydrogen-bond acceptors (Lipinski definition) is 17. The highest BCUT2D eigenvalue weighted by Crippen LogP contribution is 2.42. The highest BCUT2D eigenvalue weighted by Gasteiger charge is 2.56. The first-order chi connectivity index (χ1) is 21.4. The van der Waals surface area contributed by atoms with Crippen LogP contribution < -0.4 is 11.1 Å². The Morgan fingerprint density at radius 2 is 1.96 bits per heavy atom. The number of allylic oxidation sites excluding steroid dienone is 1. The summed E-state index contributed by atoms with van der Waals surface area (Å²) in [5.74, 6) is -4.17. The maximum absolute atomic E-state index is 13.6. The van der Waals surface area contributed by atoms with Gasteiger partial charge in [-0.05, 0) is 18.6 Å². The number of aliphatic carboxylic acids is 1. The zero-order chi connectivity index (χ0) is 32.6. The predicted molar refractivity (Wildman–Crippen MR) is 158 cm³/mol. The Hall–Kier alpha value is -3.92. The minimum absolute atomic E-state index is 0.129. The number of carboxylic acid groups (broad SMARTS) is 1. The maximum Gasteiger partial charge on any atom is 0.357 e. The number of amides is 2. The lowest BCUT2D eigenvalue weighted by molar-refractivity contribution is -0.285. The Kier molecular flexibility index (Phi) is 9.53. The third-order valence-electron chi connectivity index (χ3n) is 6.89. The molecule has 3 aliphatic rings. The summed E-state index contributed by atoms with van der Waals surface area (Å²) in [5.41, 5.74) is 8.01. The number of aromatic nitrogens is 2. The first-order valence-electron chi connectivity index (χ1n) is 13.0. The van der Waals surface area contributed by atoms with Crippen molar-refractivity contribution in [3.63, 3.8) is 0 Å². The molecule has 2 saturated heterocycles. The molecule has 5 unspecified atom stereocenters. The van der Waals surface area contributed by atoms with E-state index < -0.39 is 65.9 Å². The van der Waals surface area contributed by atoms with E-state index in [1.807, 2.05) is 0 Å². The Balaban J connectivity index is 1.42. The summed E-state index contributed by atoms with van der Waals surface area (Å²) in [6.45, 7) is 1.79. The first kappa shape index (κ1) is 32.5. The molecule has 2 aromatic heterocycles. The summed E-state index contributed by atoms with van der Waals surface area (Å²) in [5, 5.41) is 47.1. The van der Waals surface area contributed by atoms with Crippen molar-refractivity contribution in [2.75, 3.05) is 18.6 Å². The molecule has 0 spiro atoms. The van der Waals surface area contributed by atoms with Gasteiger partial charge in [0.2, 0.25) is 6.29 Å². The number of nitrogens with one attached hydrogen (secondary N) is 1. The van der Waals surface area contributed by atoms with Crippen LogP contribution in [0.4, 0.5) is 5.13 Å². The molecular formula is C25H26N6O11S3. The quantitative estimate of drug-likeness (QED) is 0.0773. The molecule has 0 bridgehead atoms. The largest absolute Gasteiger partial charge is 0.479 e. The number of carbonyl (C=O) groups is 4. The molecule has 45 heavy (non-hydrogen) atoms. The second-order valence-electron chi connectivity index (χ2n) is 9.70. The smallest absolute Gasteiger partial charge is 0.357 e. The van der Waals surface area contributed by atoms with Gasteiger partial charge in [-0.1, -0.05) is 11.2 Å². The van der Waals surface area contributed by atoms with E-state index in [-0.39, 0.29) is 28.0 Å². The van der Waals surface area contributed by atoms with Crippen LogP contribution in [-0.4, -0.2) is 120 Å². The van der Waals surface area contributed by atoms with Crippen LogP contribution in [0.2, 0.25) is 0 Å². The normalized spacial score (nSPS) is 28.5. The molecule has 5 heterocycles. The number of aliphatic hydroxyl groups is 3. The fourth-order valence-electron chi connectivity index (χ4n) is 4.62. The van der Waals surface area contributed by atoms with E-state index in [0.29, 0.717) is 5.57 Å². The number of aliphatic hydroxyl groups excluding tert-OH is 3. The number of β-lactam (4-membered cyclic amide) rings is 1. The minimum atomic E-state index is -2.02. The Labute approximate surface area is 266 Å². The van der Waals surface area contributed by atoms with E-state index in [4.69, 9.17) is 20.0 Å². The van der Waals surface area contributed by atoms with Crippen molar-refractivity contribution >= 4 is 75.1 Å². The summed E-state index contributed by atoms with van der Waals surface area (Å²) in [4.78, 5) is 66.6. The van der Waals surface area contributed by atoms with Crippen LogP contribution in [0, 0.1) is 6.92 Å². The lowest BCUT2D eigenvalue weighted by Gasteiger charge is -2.49. The number of ether oxygens (including phenoxy) is 2. The number of carbonyl (C=O) groups excluding carboxylic acids is 3. The average molecular weight is 683 g/mol. The number of rotatable bonds is 9. The van der Waals surface area contributed by atoms with E-state index >= 15 is 0 Å². The first-order valence-corrected chi connectivity index (χ1v) is 15.8. The zero-order valence-electron chi connectivity index (χ0n) is 23.3. The fraction of sp³-hybridized carbons (Fsp3) is 0.400. The van der Waals surface area contributed by atoms with Crippen LogP contribution in [0.15, 0.2) is 33.4 Å². The Morgan fingerprint density at radius 3 is 2.58 bits per heavy atom. The summed E-state index contributed by atoms with van der Waals surface area (Å²) in [7, 11) is 1.23. The second kappa shape index (κ2) is 13.2. The molecule has 0 aliphatic carbocycles. The van der Waals surface area contributed by atoms with Gasteiger partial charge in [0.15, 0.2) is 16.9 Å². The van der Waals surface area contributed by atoms with Gasteiger partial charge in [-0.2, -0.15) is 0 Å². The van der Waals surface area contributed by atoms with Gasteiger partial charge in [0.05, 0.1) is 11.2 Å². The van der Waals surface area contributed by atoms with Gasteiger partial charge in [0.1, 0.15) is 48.2 Å². The number of nitrogens with two attached hydrogens (primary N) is 1. The standard InChI is InChI=1S/C25H26N6O11S3/c1-8-11(45-7-27-8)4-3-9-5-43-21-13(29-19(35)12(30-40-2)10-6-44-25(26)28-10)20(36)31(21)14(9)23(39)42-24-17(34)15(32)16(33)18(41-24)22(37)38/h3-4,6-7,13,15-18,21,24,32-34H,5H2,1-2H3,(H2,26,28)(H,29,35)(H,37,38)/b4-3-,30-12-/t13-,15?,16?,17?,18?,21-,24?/m1/s1. The summed E-state index contributed by atoms with van der Waals surface area (Å²) < 4.78 is 10.4. The number of anilines is 1. The fourth-order valence-corrected chi connectivity index (χ4v) is 7.18. The molecule has 7 N–H and O–H groups in total. The number of hydrogen-bond donors (Lipinski definition) is 6. The van der Waals surface area contributed by atoms with Crippen LogP contribution in [-0.2, 0) is 33.5 Å². The third kappa shape index (κ3) is 6.30. The highest BCUT2D eigenvalue weighted by molar-refractivity contribution is 8.00. The molecule has 0 saturated carbocycles. The molecular weight excluding hydrogens is 657 g/mol. The van der Waals surface area contributed by atoms with Crippen molar-refractivity contribution in [2.45, 2.75) is 49.0 Å². The SMILES string of the molecule is CO/N=C(\C(=O)N[C@@H]1C(=O)N2C(C(=O)OC3OC(C(=O)O)C(O)C(O)C3O)=C(/C=C\c3scnc3C)CS[C@H]12)c1csc(N)n1. The number of carboxylic acids is 1. The number of oxime groups is 1. The number of thiazole rings is 2. The number of thioether (sulfide) groups is 1. The summed E-state index contributed by atoms with van der Waals surface area (Å²) >= 11 is 3.65. The number of esters is 1. The molecule has 240 valence electrons. The highest BCUT2D eigenvalue weighted by atomic mass is 32.2. The van der Waals surface area contributed by atoms with Gasteiger partial charge in [-0.3, -0.25) is 14.5 Å². The van der Waals surface area contributed by atoms with Gasteiger partial charge < -0.3 is 45.8 Å². The Morgan fingerprint density at radius 1 is 1.20 bits per heavy atom. The molecule has 20 heteroatoms. The number of nitrogen functional groups attached to an aromatic ring is 1.